The van der Waals surface area contributed by atoms with E-state index >= 15 is 0 Å². The normalized spacial score (nSPS) is 25.6. The molecule has 4 nitrogen and oxygen atoms in total. The summed E-state index contributed by atoms with van der Waals surface area (Å²) in [6.45, 7) is 0. The average molecular weight is 272 g/mol. The van der Waals surface area contributed by atoms with Gasteiger partial charge in [0.05, 0.1) is 0 Å². The molecule has 17 heavy (non-hydrogen) atoms. The van der Waals surface area contributed by atoms with Crippen LogP contribution < -0.4 is 10.6 Å². The molecular formula is C11H20N4S2. The zero-order valence-electron chi connectivity index (χ0n) is 10.4. The van der Waals surface area contributed by atoms with Crippen molar-refractivity contribution in [2.75, 3.05) is 19.0 Å². The molecule has 0 aliphatic heterocycles. The average Bonchev–Trinajstić information content (AvgIpc) is 2.66. The van der Waals surface area contributed by atoms with Gasteiger partial charge < -0.3 is 10.6 Å². The molecule has 96 valence electrons. The van der Waals surface area contributed by atoms with Crippen LogP contribution in [0, 0.1) is 0 Å². The largest absolute Gasteiger partial charge is 0.353 e. The molecule has 2 rings (SSSR count). The number of nitrogens with zero attached hydrogens (tertiary/aromatic N) is 3. The lowest BCUT2D eigenvalue weighted by Gasteiger charge is -2.18. The van der Waals surface area contributed by atoms with Gasteiger partial charge in [0.2, 0.25) is 5.13 Å². The van der Waals surface area contributed by atoms with Crippen LogP contribution in [-0.2, 0) is 0 Å². The summed E-state index contributed by atoms with van der Waals surface area (Å²) in [5.41, 5.74) is 6.22. The first kappa shape index (κ1) is 13.1. The molecule has 1 aromatic heterocycles. The lowest BCUT2D eigenvalue weighted by molar-refractivity contribution is 0.596. The molecular weight excluding hydrogens is 252 g/mol. The molecule has 1 aromatic rings. The van der Waals surface area contributed by atoms with Crippen LogP contribution in [0.15, 0.2) is 4.34 Å². The number of aromatic nitrogens is 2. The summed E-state index contributed by atoms with van der Waals surface area (Å²) >= 11 is 3.47. The number of thioether (sulfide) groups is 1. The van der Waals surface area contributed by atoms with Crippen molar-refractivity contribution in [2.24, 2.45) is 5.73 Å². The van der Waals surface area contributed by atoms with Gasteiger partial charge in [-0.05, 0) is 12.8 Å². The third-order valence-corrected chi connectivity index (χ3v) is 5.63. The SMILES string of the molecule is CN(C)c1nnc(SC2CCCCCC2N)s1. The Balaban J connectivity index is 1.98. The molecule has 0 amide bonds. The van der Waals surface area contributed by atoms with Crippen LogP contribution in [0.4, 0.5) is 5.13 Å². The van der Waals surface area contributed by atoms with Gasteiger partial charge in [0, 0.05) is 25.4 Å². The maximum absolute atomic E-state index is 6.22. The molecule has 2 N–H and O–H groups in total. The lowest BCUT2D eigenvalue weighted by Crippen LogP contribution is -2.31. The van der Waals surface area contributed by atoms with E-state index in [1.807, 2.05) is 30.8 Å². The third-order valence-electron chi connectivity index (χ3n) is 3.03. The Morgan fingerprint density at radius 3 is 2.71 bits per heavy atom. The summed E-state index contributed by atoms with van der Waals surface area (Å²) in [4.78, 5) is 1.99. The highest BCUT2D eigenvalue weighted by Gasteiger charge is 2.23. The van der Waals surface area contributed by atoms with E-state index < -0.39 is 0 Å². The van der Waals surface area contributed by atoms with Crippen LogP contribution in [0.2, 0.25) is 0 Å². The molecule has 6 heteroatoms. The van der Waals surface area contributed by atoms with Gasteiger partial charge in [-0.25, -0.2) is 0 Å². The molecule has 2 atom stereocenters. The van der Waals surface area contributed by atoms with Crippen LogP contribution in [0.25, 0.3) is 0 Å². The minimum Gasteiger partial charge on any atom is -0.353 e. The van der Waals surface area contributed by atoms with Crippen LogP contribution >= 0.6 is 23.1 Å². The summed E-state index contributed by atoms with van der Waals surface area (Å²) in [5, 5.41) is 9.87. The van der Waals surface area contributed by atoms with Gasteiger partial charge in [-0.15, -0.1) is 10.2 Å². The minimum absolute atomic E-state index is 0.314. The highest BCUT2D eigenvalue weighted by atomic mass is 32.2. The fraction of sp³-hybridized carbons (Fsp3) is 0.818. The minimum atomic E-state index is 0.314. The second kappa shape index (κ2) is 6.02. The molecule has 0 radical (unpaired) electrons. The fourth-order valence-electron chi connectivity index (χ4n) is 2.01. The van der Waals surface area contributed by atoms with Crippen molar-refractivity contribution in [3.05, 3.63) is 0 Å². The van der Waals surface area contributed by atoms with E-state index in [1.165, 1.54) is 25.7 Å². The Bertz CT molecular complexity index is 353. The van der Waals surface area contributed by atoms with E-state index in [2.05, 4.69) is 10.2 Å². The Morgan fingerprint density at radius 1 is 1.24 bits per heavy atom. The van der Waals surface area contributed by atoms with Gasteiger partial charge in [-0.1, -0.05) is 42.4 Å². The third kappa shape index (κ3) is 3.56. The predicted molar refractivity (Wildman–Crippen MR) is 74.9 cm³/mol. The van der Waals surface area contributed by atoms with Crippen molar-refractivity contribution >= 4 is 28.2 Å². The molecule has 0 saturated heterocycles. The highest BCUT2D eigenvalue weighted by molar-refractivity contribution is 8.01. The van der Waals surface area contributed by atoms with E-state index in [0.717, 1.165) is 15.9 Å². The molecule has 1 fully saturated rings. The van der Waals surface area contributed by atoms with Gasteiger partial charge in [0.25, 0.3) is 0 Å². The summed E-state index contributed by atoms with van der Waals surface area (Å²) in [6.07, 6.45) is 6.26. The Morgan fingerprint density at radius 2 is 2.00 bits per heavy atom. The molecule has 1 heterocycles. The monoisotopic (exact) mass is 272 g/mol. The van der Waals surface area contributed by atoms with Gasteiger partial charge in [-0.2, -0.15) is 0 Å². The number of hydrogen-bond donors (Lipinski definition) is 1. The van der Waals surface area contributed by atoms with E-state index in [0.29, 0.717) is 11.3 Å². The van der Waals surface area contributed by atoms with Gasteiger partial charge in [-0.3, -0.25) is 0 Å². The second-order valence-corrected chi connectivity index (χ2v) is 7.15. The molecule has 1 aliphatic rings. The van der Waals surface area contributed by atoms with Crippen LogP contribution in [0.5, 0.6) is 0 Å². The molecule has 0 bridgehead atoms. The number of anilines is 1. The Labute approximate surface area is 111 Å². The van der Waals surface area contributed by atoms with E-state index in [1.54, 1.807) is 11.3 Å². The molecule has 2 unspecified atom stereocenters. The highest BCUT2D eigenvalue weighted by Crippen LogP contribution is 2.35. The van der Waals surface area contributed by atoms with E-state index in [-0.39, 0.29) is 0 Å². The Hall–Kier alpha value is -0.330. The molecule has 1 saturated carbocycles. The van der Waals surface area contributed by atoms with Crippen molar-refractivity contribution in [3.63, 3.8) is 0 Å². The van der Waals surface area contributed by atoms with Crippen molar-refractivity contribution in [3.8, 4) is 0 Å². The number of hydrogen-bond acceptors (Lipinski definition) is 6. The van der Waals surface area contributed by atoms with Crippen molar-refractivity contribution in [1.82, 2.24) is 10.2 Å². The first-order chi connectivity index (χ1) is 8.16. The standard InChI is InChI=1S/C11H20N4S2/c1-15(2)10-13-14-11(17-10)16-9-7-5-3-4-6-8(9)12/h8-9H,3-7,12H2,1-2H3. The van der Waals surface area contributed by atoms with Gasteiger partial charge in [0.1, 0.15) is 0 Å². The first-order valence-electron chi connectivity index (χ1n) is 6.10. The summed E-state index contributed by atoms with van der Waals surface area (Å²) in [5.74, 6) is 0. The topological polar surface area (TPSA) is 55.0 Å². The smallest absolute Gasteiger partial charge is 0.208 e. The van der Waals surface area contributed by atoms with Gasteiger partial charge >= 0.3 is 0 Å². The summed E-state index contributed by atoms with van der Waals surface area (Å²) in [7, 11) is 3.98. The second-order valence-electron chi connectivity index (χ2n) is 4.70. The fourth-order valence-corrected chi connectivity index (χ4v) is 4.24. The number of nitrogens with two attached hydrogens (primary N) is 1. The van der Waals surface area contributed by atoms with Gasteiger partial charge in [0.15, 0.2) is 4.34 Å². The zero-order chi connectivity index (χ0) is 12.3. The van der Waals surface area contributed by atoms with Crippen LogP contribution in [0.3, 0.4) is 0 Å². The lowest BCUT2D eigenvalue weighted by atomic mass is 10.1. The molecule has 1 aliphatic carbocycles. The van der Waals surface area contributed by atoms with E-state index in [9.17, 15) is 0 Å². The Kier molecular flexibility index (Phi) is 4.64. The maximum Gasteiger partial charge on any atom is 0.208 e. The zero-order valence-corrected chi connectivity index (χ0v) is 12.1. The maximum atomic E-state index is 6.22. The molecule has 0 aromatic carbocycles. The van der Waals surface area contributed by atoms with Crippen LogP contribution in [-0.4, -0.2) is 35.6 Å². The van der Waals surface area contributed by atoms with Crippen molar-refractivity contribution < 1.29 is 0 Å². The predicted octanol–water partition coefficient (Wildman–Crippen LogP) is 2.36. The van der Waals surface area contributed by atoms with Crippen molar-refractivity contribution in [2.45, 2.75) is 47.7 Å². The number of rotatable bonds is 3. The summed E-state index contributed by atoms with van der Waals surface area (Å²) < 4.78 is 1.05. The van der Waals surface area contributed by atoms with Crippen molar-refractivity contribution in [1.29, 1.82) is 0 Å². The van der Waals surface area contributed by atoms with E-state index in [4.69, 9.17) is 5.73 Å². The molecule has 0 spiro atoms. The summed E-state index contributed by atoms with van der Waals surface area (Å²) in [6, 6.07) is 0.314. The van der Waals surface area contributed by atoms with Crippen LogP contribution in [0.1, 0.15) is 32.1 Å². The first-order valence-corrected chi connectivity index (χ1v) is 7.79. The quantitative estimate of drug-likeness (QED) is 0.856.